The van der Waals surface area contributed by atoms with E-state index >= 15 is 0 Å². The average molecular weight is 165 g/mol. The molecule has 0 aromatic carbocycles. The Balaban J connectivity index is 0.000000336. The summed E-state index contributed by atoms with van der Waals surface area (Å²) in [6, 6.07) is 0. The molecule has 0 amide bonds. The standard InChI is InChI=1S/C7H9N3.C2H6/c1-10-7-6(5-9-10)3-2-4-8-7;1-2/h2-3,5,8H,4H2,1H3;1-2H3. The molecule has 66 valence electrons. The van der Waals surface area contributed by atoms with E-state index in [1.807, 2.05) is 31.8 Å². The van der Waals surface area contributed by atoms with E-state index in [0.29, 0.717) is 0 Å². The second kappa shape index (κ2) is 3.95. The van der Waals surface area contributed by atoms with Gasteiger partial charge in [-0.3, -0.25) is 4.68 Å². The Morgan fingerprint density at radius 3 is 2.92 bits per heavy atom. The molecule has 1 aliphatic heterocycles. The van der Waals surface area contributed by atoms with Gasteiger partial charge in [0.2, 0.25) is 0 Å². The highest BCUT2D eigenvalue weighted by atomic mass is 15.3. The molecule has 3 nitrogen and oxygen atoms in total. The summed E-state index contributed by atoms with van der Waals surface area (Å²) >= 11 is 0. The highest BCUT2D eigenvalue weighted by Crippen LogP contribution is 2.17. The number of fused-ring (bicyclic) bond motifs is 1. The van der Waals surface area contributed by atoms with Crippen LogP contribution < -0.4 is 5.32 Å². The summed E-state index contributed by atoms with van der Waals surface area (Å²) in [7, 11) is 1.94. The van der Waals surface area contributed by atoms with E-state index in [0.717, 1.165) is 12.4 Å². The van der Waals surface area contributed by atoms with Crippen LogP contribution in [-0.4, -0.2) is 16.3 Å². The van der Waals surface area contributed by atoms with Gasteiger partial charge in [0, 0.05) is 19.2 Å². The van der Waals surface area contributed by atoms with E-state index in [4.69, 9.17) is 0 Å². The fourth-order valence-corrected chi connectivity index (χ4v) is 1.13. The van der Waals surface area contributed by atoms with Crippen LogP contribution in [0.25, 0.3) is 6.08 Å². The second-order valence-corrected chi connectivity index (χ2v) is 2.36. The molecule has 1 N–H and O–H groups in total. The van der Waals surface area contributed by atoms with Crippen LogP contribution in [0.1, 0.15) is 19.4 Å². The zero-order chi connectivity index (χ0) is 8.97. The molecule has 1 aromatic heterocycles. The van der Waals surface area contributed by atoms with Crippen LogP contribution in [0.5, 0.6) is 0 Å². The Kier molecular flexibility index (Phi) is 2.91. The minimum absolute atomic E-state index is 0.909. The number of aryl methyl sites for hydroxylation is 1. The molecule has 2 rings (SSSR count). The van der Waals surface area contributed by atoms with Crippen LogP contribution in [0, 0.1) is 0 Å². The Morgan fingerprint density at radius 2 is 2.25 bits per heavy atom. The van der Waals surface area contributed by atoms with Crippen LogP contribution in [0.15, 0.2) is 12.3 Å². The Labute approximate surface area is 73.1 Å². The summed E-state index contributed by atoms with van der Waals surface area (Å²) in [5, 5.41) is 7.33. The van der Waals surface area contributed by atoms with E-state index in [1.54, 1.807) is 0 Å². The number of hydrogen-bond donors (Lipinski definition) is 1. The molecule has 0 saturated heterocycles. The van der Waals surface area contributed by atoms with Crippen molar-refractivity contribution >= 4 is 11.9 Å². The van der Waals surface area contributed by atoms with Crippen molar-refractivity contribution < 1.29 is 0 Å². The van der Waals surface area contributed by atoms with Crippen molar-refractivity contribution in [1.29, 1.82) is 0 Å². The predicted octanol–water partition coefficient (Wildman–Crippen LogP) is 1.89. The van der Waals surface area contributed by atoms with Gasteiger partial charge in [-0.25, -0.2) is 0 Å². The molecule has 0 saturated carbocycles. The fraction of sp³-hybridized carbons (Fsp3) is 0.444. The van der Waals surface area contributed by atoms with Crippen LogP contribution in [0.2, 0.25) is 0 Å². The smallest absolute Gasteiger partial charge is 0.131 e. The first kappa shape index (κ1) is 8.84. The highest BCUT2D eigenvalue weighted by Gasteiger charge is 2.06. The summed E-state index contributed by atoms with van der Waals surface area (Å²) < 4.78 is 1.85. The first-order valence-corrected chi connectivity index (χ1v) is 4.30. The monoisotopic (exact) mass is 165 g/mol. The van der Waals surface area contributed by atoms with Crippen LogP contribution >= 0.6 is 0 Å². The molecule has 12 heavy (non-hydrogen) atoms. The van der Waals surface area contributed by atoms with Crippen LogP contribution in [-0.2, 0) is 7.05 Å². The predicted molar refractivity (Wildman–Crippen MR) is 52.1 cm³/mol. The summed E-state index contributed by atoms with van der Waals surface area (Å²) in [6.45, 7) is 4.91. The van der Waals surface area contributed by atoms with E-state index in [9.17, 15) is 0 Å². The maximum Gasteiger partial charge on any atom is 0.131 e. The number of nitrogens with zero attached hydrogens (tertiary/aromatic N) is 2. The van der Waals surface area contributed by atoms with Gasteiger partial charge in [0.15, 0.2) is 0 Å². The molecule has 1 aliphatic rings. The molecule has 1 aromatic rings. The summed E-state index contributed by atoms with van der Waals surface area (Å²) in [4.78, 5) is 0. The lowest BCUT2D eigenvalue weighted by Gasteiger charge is -2.08. The number of rotatable bonds is 0. The molecule has 2 heterocycles. The van der Waals surface area contributed by atoms with Gasteiger partial charge in [0.25, 0.3) is 0 Å². The second-order valence-electron chi connectivity index (χ2n) is 2.36. The number of anilines is 1. The quantitative estimate of drug-likeness (QED) is 0.636. The van der Waals surface area contributed by atoms with Crippen LogP contribution in [0.4, 0.5) is 5.82 Å². The van der Waals surface area contributed by atoms with Crippen molar-refractivity contribution in [1.82, 2.24) is 9.78 Å². The molecule has 0 radical (unpaired) electrons. The Hall–Kier alpha value is -1.25. The molecule has 0 fully saturated rings. The summed E-state index contributed by atoms with van der Waals surface area (Å²) in [6.07, 6.45) is 6.03. The molecular formula is C9H15N3. The minimum Gasteiger partial charge on any atom is -0.366 e. The van der Waals surface area contributed by atoms with E-state index in [2.05, 4.69) is 22.6 Å². The fourth-order valence-electron chi connectivity index (χ4n) is 1.13. The lowest BCUT2D eigenvalue weighted by molar-refractivity contribution is 0.772. The van der Waals surface area contributed by atoms with Gasteiger partial charge in [-0.2, -0.15) is 5.10 Å². The number of nitrogens with one attached hydrogen (secondary N) is 1. The molecule has 0 bridgehead atoms. The normalized spacial score (nSPS) is 12.6. The van der Waals surface area contributed by atoms with Crippen molar-refractivity contribution in [3.05, 3.63) is 17.8 Å². The maximum atomic E-state index is 4.10. The number of hydrogen-bond acceptors (Lipinski definition) is 2. The van der Waals surface area contributed by atoms with Gasteiger partial charge in [-0.15, -0.1) is 0 Å². The van der Waals surface area contributed by atoms with E-state index in [-0.39, 0.29) is 0 Å². The van der Waals surface area contributed by atoms with Gasteiger partial charge in [0.1, 0.15) is 5.82 Å². The first-order chi connectivity index (χ1) is 5.88. The van der Waals surface area contributed by atoms with Crippen molar-refractivity contribution in [3.8, 4) is 0 Å². The third-order valence-corrected chi connectivity index (χ3v) is 1.65. The number of aromatic nitrogens is 2. The first-order valence-electron chi connectivity index (χ1n) is 4.30. The van der Waals surface area contributed by atoms with Crippen molar-refractivity contribution in [2.24, 2.45) is 7.05 Å². The van der Waals surface area contributed by atoms with Gasteiger partial charge in [0.05, 0.1) is 6.20 Å². The van der Waals surface area contributed by atoms with Crippen molar-refractivity contribution in [2.75, 3.05) is 11.9 Å². The zero-order valence-electron chi connectivity index (χ0n) is 7.83. The molecule has 3 heteroatoms. The average Bonchev–Trinajstić information content (AvgIpc) is 2.53. The SMILES string of the molecule is CC.Cn1ncc2c1NCC=C2. The topological polar surface area (TPSA) is 29.9 Å². The molecular weight excluding hydrogens is 150 g/mol. The van der Waals surface area contributed by atoms with Crippen molar-refractivity contribution in [2.45, 2.75) is 13.8 Å². The Bertz CT molecular complexity index is 273. The van der Waals surface area contributed by atoms with Gasteiger partial charge >= 0.3 is 0 Å². The lowest BCUT2D eigenvalue weighted by Crippen LogP contribution is -2.07. The minimum atomic E-state index is 0.909. The third kappa shape index (κ3) is 1.49. The molecule has 0 atom stereocenters. The summed E-state index contributed by atoms with van der Waals surface area (Å²) in [5.41, 5.74) is 1.17. The van der Waals surface area contributed by atoms with Gasteiger partial charge < -0.3 is 5.32 Å². The van der Waals surface area contributed by atoms with Crippen LogP contribution in [0.3, 0.4) is 0 Å². The molecule has 0 aliphatic carbocycles. The third-order valence-electron chi connectivity index (χ3n) is 1.65. The van der Waals surface area contributed by atoms with Gasteiger partial charge in [-0.05, 0) is 0 Å². The maximum absolute atomic E-state index is 4.10. The van der Waals surface area contributed by atoms with E-state index < -0.39 is 0 Å². The van der Waals surface area contributed by atoms with E-state index in [1.165, 1.54) is 5.56 Å². The molecule has 0 spiro atoms. The van der Waals surface area contributed by atoms with Crippen molar-refractivity contribution in [3.63, 3.8) is 0 Å². The lowest BCUT2D eigenvalue weighted by atomic mass is 10.2. The Morgan fingerprint density at radius 1 is 1.50 bits per heavy atom. The summed E-state index contributed by atoms with van der Waals surface area (Å²) in [5.74, 6) is 1.11. The van der Waals surface area contributed by atoms with Gasteiger partial charge in [-0.1, -0.05) is 26.0 Å². The highest BCUT2D eigenvalue weighted by molar-refractivity contribution is 5.66. The zero-order valence-corrected chi connectivity index (χ0v) is 7.83. The largest absolute Gasteiger partial charge is 0.366 e. The molecule has 0 unspecified atom stereocenters.